The summed E-state index contributed by atoms with van der Waals surface area (Å²) in [4.78, 5) is 7.81. The lowest BCUT2D eigenvalue weighted by Crippen LogP contribution is -2.40. The minimum atomic E-state index is -0.666. The third kappa shape index (κ3) is 6.66. The number of benzene rings is 2. The van der Waals surface area contributed by atoms with Crippen LogP contribution < -0.4 is 9.47 Å². The Labute approximate surface area is 193 Å². The maximum absolute atomic E-state index is 13.3. The van der Waals surface area contributed by atoms with Crippen LogP contribution in [0, 0.1) is 5.82 Å². The molecule has 2 aromatic carbocycles. The molecule has 1 N–H and O–H groups in total. The van der Waals surface area contributed by atoms with E-state index in [2.05, 4.69) is 10.1 Å². The van der Waals surface area contributed by atoms with Crippen LogP contribution in [0.15, 0.2) is 47.6 Å². The molecule has 2 aromatic rings. The first-order valence-electron chi connectivity index (χ1n) is 11.2. The van der Waals surface area contributed by atoms with Crippen molar-refractivity contribution in [3.05, 3.63) is 59.4 Å². The van der Waals surface area contributed by atoms with Crippen molar-refractivity contribution >= 4 is 5.71 Å². The molecular formula is C25H31FN2O5. The summed E-state index contributed by atoms with van der Waals surface area (Å²) in [5, 5.41) is 14.9. The number of halogens is 1. The van der Waals surface area contributed by atoms with Crippen molar-refractivity contribution in [1.82, 2.24) is 4.90 Å². The molecule has 0 radical (unpaired) electrons. The van der Waals surface area contributed by atoms with Crippen molar-refractivity contribution in [3.63, 3.8) is 0 Å². The molecule has 2 aliphatic rings. The van der Waals surface area contributed by atoms with Crippen molar-refractivity contribution < 1.29 is 28.5 Å². The molecule has 0 bridgehead atoms. The minimum absolute atomic E-state index is 0.165. The predicted molar refractivity (Wildman–Crippen MR) is 122 cm³/mol. The zero-order valence-corrected chi connectivity index (χ0v) is 19.3. The SMILES string of the molecule is CC(C)(C)OC[C@@H](O)CN(Cc1ccc(F)cc1)C[C@@H]1CC(c2ccc3c(c2)OCO3)=NO1. The molecule has 0 aromatic heterocycles. The highest BCUT2D eigenvalue weighted by atomic mass is 19.1. The van der Waals surface area contributed by atoms with E-state index in [4.69, 9.17) is 19.0 Å². The topological polar surface area (TPSA) is 72.8 Å². The molecule has 0 unspecified atom stereocenters. The largest absolute Gasteiger partial charge is 0.454 e. The van der Waals surface area contributed by atoms with Crippen molar-refractivity contribution in [2.75, 3.05) is 26.5 Å². The van der Waals surface area contributed by atoms with Crippen LogP contribution in [0.1, 0.15) is 38.3 Å². The summed E-state index contributed by atoms with van der Waals surface area (Å²) in [5.41, 5.74) is 2.40. The standard InChI is InChI=1S/C25H31FN2O5/c1-25(2,3)32-15-20(29)13-28(12-17-4-7-19(26)8-5-17)14-21-11-22(27-33-21)18-6-9-23-24(10-18)31-16-30-23/h4-10,20-21,29H,11-16H2,1-3H3/t20-,21-/m0/s1. The number of hydrogen-bond donors (Lipinski definition) is 1. The summed E-state index contributed by atoms with van der Waals surface area (Å²) in [5.74, 6) is 1.16. The van der Waals surface area contributed by atoms with Gasteiger partial charge in [-0.05, 0) is 56.7 Å². The lowest BCUT2D eigenvalue weighted by atomic mass is 10.0. The molecular weight excluding hydrogens is 427 g/mol. The third-order valence-electron chi connectivity index (χ3n) is 5.40. The van der Waals surface area contributed by atoms with Gasteiger partial charge in [0.25, 0.3) is 0 Å². The predicted octanol–water partition coefficient (Wildman–Crippen LogP) is 3.73. The van der Waals surface area contributed by atoms with Gasteiger partial charge in [0.15, 0.2) is 11.5 Å². The molecule has 0 aliphatic carbocycles. The van der Waals surface area contributed by atoms with Crippen molar-refractivity contribution in [2.45, 2.75) is 51.5 Å². The van der Waals surface area contributed by atoms with E-state index >= 15 is 0 Å². The second-order valence-corrected chi connectivity index (χ2v) is 9.44. The van der Waals surface area contributed by atoms with Gasteiger partial charge in [0.1, 0.15) is 11.9 Å². The number of rotatable bonds is 9. The molecule has 7 nitrogen and oxygen atoms in total. The Hall–Kier alpha value is -2.68. The van der Waals surface area contributed by atoms with Gasteiger partial charge in [0.2, 0.25) is 6.79 Å². The van der Waals surface area contributed by atoms with Crippen LogP contribution in [0.2, 0.25) is 0 Å². The number of aliphatic hydroxyl groups excluding tert-OH is 1. The van der Waals surface area contributed by atoms with Crippen LogP contribution >= 0.6 is 0 Å². The van der Waals surface area contributed by atoms with Crippen LogP contribution in [-0.2, 0) is 16.1 Å². The number of nitrogens with zero attached hydrogens (tertiary/aromatic N) is 2. The van der Waals surface area contributed by atoms with Crippen molar-refractivity contribution in [1.29, 1.82) is 0 Å². The Bertz CT molecular complexity index is 974. The van der Waals surface area contributed by atoms with Gasteiger partial charge in [-0.25, -0.2) is 4.39 Å². The first-order valence-corrected chi connectivity index (χ1v) is 11.2. The van der Waals surface area contributed by atoms with Crippen LogP contribution in [-0.4, -0.2) is 60.0 Å². The van der Waals surface area contributed by atoms with E-state index in [1.165, 1.54) is 12.1 Å². The fourth-order valence-electron chi connectivity index (χ4n) is 3.81. The Morgan fingerprint density at radius 1 is 1.15 bits per heavy atom. The maximum Gasteiger partial charge on any atom is 0.231 e. The fraction of sp³-hybridized carbons (Fsp3) is 0.480. The number of hydrogen-bond acceptors (Lipinski definition) is 7. The maximum atomic E-state index is 13.3. The average Bonchev–Trinajstić information content (AvgIpc) is 3.42. The molecule has 4 rings (SSSR count). The monoisotopic (exact) mass is 458 g/mol. The van der Waals surface area contributed by atoms with E-state index in [1.807, 2.05) is 39.0 Å². The van der Waals surface area contributed by atoms with Gasteiger partial charge in [-0.1, -0.05) is 17.3 Å². The highest BCUT2D eigenvalue weighted by Crippen LogP contribution is 2.33. The summed E-state index contributed by atoms with van der Waals surface area (Å²) in [6, 6.07) is 12.1. The smallest absolute Gasteiger partial charge is 0.231 e. The molecule has 2 aliphatic heterocycles. The highest BCUT2D eigenvalue weighted by molar-refractivity contribution is 6.01. The number of fused-ring (bicyclic) bond motifs is 1. The third-order valence-corrected chi connectivity index (χ3v) is 5.40. The lowest BCUT2D eigenvalue weighted by Gasteiger charge is -2.28. The lowest BCUT2D eigenvalue weighted by molar-refractivity contribution is -0.0600. The summed E-state index contributed by atoms with van der Waals surface area (Å²) in [6.07, 6.45) is -0.198. The van der Waals surface area contributed by atoms with Gasteiger partial charge in [0, 0.05) is 31.6 Å². The van der Waals surface area contributed by atoms with Gasteiger partial charge >= 0.3 is 0 Å². The molecule has 8 heteroatoms. The van der Waals surface area contributed by atoms with Crippen molar-refractivity contribution in [2.24, 2.45) is 5.16 Å². The van der Waals surface area contributed by atoms with E-state index in [0.717, 1.165) is 22.6 Å². The second kappa shape index (κ2) is 10.1. The molecule has 0 fully saturated rings. The Morgan fingerprint density at radius 3 is 2.67 bits per heavy atom. The molecule has 0 saturated heterocycles. The van der Waals surface area contributed by atoms with Crippen LogP contribution in [0.5, 0.6) is 11.5 Å². The van der Waals surface area contributed by atoms with Gasteiger partial charge in [-0.15, -0.1) is 0 Å². The fourth-order valence-corrected chi connectivity index (χ4v) is 3.81. The molecule has 2 heterocycles. The Morgan fingerprint density at radius 2 is 1.91 bits per heavy atom. The van der Waals surface area contributed by atoms with E-state index in [0.29, 0.717) is 31.8 Å². The van der Waals surface area contributed by atoms with E-state index in [1.54, 1.807) is 12.1 Å². The van der Waals surface area contributed by atoms with E-state index in [9.17, 15) is 9.50 Å². The second-order valence-electron chi connectivity index (χ2n) is 9.44. The van der Waals surface area contributed by atoms with Gasteiger partial charge < -0.3 is 24.2 Å². The summed E-state index contributed by atoms with van der Waals surface area (Å²) < 4.78 is 29.9. The first kappa shape index (κ1) is 23.5. The van der Waals surface area contributed by atoms with Crippen LogP contribution in [0.3, 0.4) is 0 Å². The molecule has 0 saturated carbocycles. The normalized spacial score (nSPS) is 18.4. The molecule has 33 heavy (non-hydrogen) atoms. The number of ether oxygens (including phenoxy) is 3. The van der Waals surface area contributed by atoms with Crippen molar-refractivity contribution in [3.8, 4) is 11.5 Å². The summed E-state index contributed by atoms with van der Waals surface area (Å²) in [6.45, 7) is 7.82. The average molecular weight is 459 g/mol. The van der Waals surface area contributed by atoms with Gasteiger partial charge in [-0.2, -0.15) is 0 Å². The highest BCUT2D eigenvalue weighted by Gasteiger charge is 2.27. The summed E-state index contributed by atoms with van der Waals surface area (Å²) in [7, 11) is 0. The summed E-state index contributed by atoms with van der Waals surface area (Å²) >= 11 is 0. The molecule has 178 valence electrons. The number of oxime groups is 1. The van der Waals surface area contributed by atoms with E-state index in [-0.39, 0.29) is 30.9 Å². The minimum Gasteiger partial charge on any atom is -0.454 e. The first-order chi connectivity index (χ1) is 15.7. The van der Waals surface area contributed by atoms with Gasteiger partial charge in [-0.3, -0.25) is 4.90 Å². The zero-order chi connectivity index (χ0) is 23.4. The molecule has 0 spiro atoms. The van der Waals surface area contributed by atoms with E-state index < -0.39 is 6.10 Å². The van der Waals surface area contributed by atoms with Crippen LogP contribution in [0.25, 0.3) is 0 Å². The zero-order valence-electron chi connectivity index (χ0n) is 19.3. The Balaban J connectivity index is 1.38. The Kier molecular flexibility index (Phi) is 7.17. The molecule has 0 amide bonds. The quantitative estimate of drug-likeness (QED) is 0.618. The molecule has 2 atom stereocenters. The van der Waals surface area contributed by atoms with Crippen LogP contribution in [0.4, 0.5) is 4.39 Å². The number of aliphatic hydroxyl groups is 1. The van der Waals surface area contributed by atoms with Gasteiger partial charge in [0.05, 0.1) is 24.0 Å².